The van der Waals surface area contributed by atoms with Gasteiger partial charge in [-0.25, -0.2) is 8.78 Å². The normalized spacial score (nSPS) is 15.2. The molecule has 0 aromatic heterocycles. The molecule has 1 rings (SSSR count). The van der Waals surface area contributed by atoms with Gasteiger partial charge in [-0.05, 0) is 27.7 Å². The van der Waals surface area contributed by atoms with Gasteiger partial charge in [0.1, 0.15) is 6.61 Å². The van der Waals surface area contributed by atoms with Crippen molar-refractivity contribution in [3.8, 4) is 5.75 Å². The molecule has 2 atom stereocenters. The van der Waals surface area contributed by atoms with Gasteiger partial charge < -0.3 is 4.74 Å². The lowest BCUT2D eigenvalue weighted by molar-refractivity contribution is -0.126. The zero-order valence-corrected chi connectivity index (χ0v) is 14.5. The van der Waals surface area contributed by atoms with Gasteiger partial charge in [0.05, 0.1) is 0 Å². The summed E-state index contributed by atoms with van der Waals surface area (Å²) in [5.41, 5.74) is 0. The van der Waals surface area contributed by atoms with E-state index in [0.29, 0.717) is 0 Å². The molecule has 1 aromatic rings. The molecule has 136 valence electrons. The third-order valence-electron chi connectivity index (χ3n) is 3.51. The van der Waals surface area contributed by atoms with Gasteiger partial charge in [0.25, 0.3) is 0 Å². The Labute approximate surface area is 139 Å². The summed E-state index contributed by atoms with van der Waals surface area (Å²) in [5, 5.41) is 0. The average molecular weight is 368 g/mol. The maximum absolute atomic E-state index is 13.5. The van der Waals surface area contributed by atoms with Gasteiger partial charge >= 0.3 is 0 Å². The van der Waals surface area contributed by atoms with E-state index in [9.17, 15) is 26.6 Å². The molecule has 0 bridgehead atoms. The Balaban J connectivity index is 2.87. The number of hydrogen-bond acceptors (Lipinski definition) is 3. The van der Waals surface area contributed by atoms with E-state index in [0.717, 1.165) is 0 Å². The molecule has 0 aliphatic heterocycles. The fourth-order valence-corrected chi connectivity index (χ4v) is 2.92. The molecular formula is C16H20F4O3S. The van der Waals surface area contributed by atoms with E-state index in [1.54, 1.807) is 13.8 Å². The first-order chi connectivity index (χ1) is 10.9. The van der Waals surface area contributed by atoms with Crippen molar-refractivity contribution in [2.45, 2.75) is 20.3 Å². The second-order valence-corrected chi connectivity index (χ2v) is 8.86. The molecule has 24 heavy (non-hydrogen) atoms. The SMILES string of the molecule is C=S(C)(=O)CCC(C(=O)COc1c(F)c(F)cc(F)c1F)C(C)C. The van der Waals surface area contributed by atoms with Crippen LogP contribution in [0.1, 0.15) is 20.3 Å². The molecular weight excluding hydrogens is 348 g/mol. The highest BCUT2D eigenvalue weighted by atomic mass is 32.2. The molecule has 0 N–H and O–H groups in total. The number of benzene rings is 1. The van der Waals surface area contributed by atoms with E-state index in [1.165, 1.54) is 6.26 Å². The highest BCUT2D eigenvalue weighted by molar-refractivity contribution is 7.99. The van der Waals surface area contributed by atoms with Gasteiger partial charge in [0, 0.05) is 24.0 Å². The standard InChI is InChI=1S/C16H20F4O3S/c1-9(2)10(5-6-24(3,4)22)13(21)8-23-16-14(19)11(17)7-12(18)15(16)20/h7,9-10H,3,5-6,8H2,1-2,4H3. The van der Waals surface area contributed by atoms with Crippen LogP contribution >= 0.6 is 0 Å². The fraction of sp³-hybridized carbons (Fsp3) is 0.500. The first kappa shape index (κ1) is 20.5. The van der Waals surface area contributed by atoms with Crippen molar-refractivity contribution in [2.24, 2.45) is 11.8 Å². The van der Waals surface area contributed by atoms with Crippen LogP contribution < -0.4 is 4.74 Å². The molecule has 0 radical (unpaired) electrons. The zero-order valence-electron chi connectivity index (χ0n) is 13.7. The smallest absolute Gasteiger partial charge is 0.203 e. The lowest BCUT2D eigenvalue weighted by Crippen LogP contribution is -2.28. The lowest BCUT2D eigenvalue weighted by atomic mass is 9.89. The third kappa shape index (κ3) is 5.51. The predicted octanol–water partition coefficient (Wildman–Crippen LogP) is 3.20. The van der Waals surface area contributed by atoms with Crippen LogP contribution in [0.5, 0.6) is 5.75 Å². The summed E-state index contributed by atoms with van der Waals surface area (Å²) >= 11 is 0. The van der Waals surface area contributed by atoms with E-state index in [-0.39, 0.29) is 24.2 Å². The largest absolute Gasteiger partial charge is 0.480 e. The maximum atomic E-state index is 13.5. The minimum atomic E-state index is -2.29. The number of carbonyl (C=O) groups is 1. The van der Waals surface area contributed by atoms with Crippen molar-refractivity contribution in [3.63, 3.8) is 0 Å². The Hall–Kier alpha value is -1.57. The Kier molecular flexibility index (Phi) is 6.83. The van der Waals surface area contributed by atoms with Crippen LogP contribution in [0.3, 0.4) is 0 Å². The van der Waals surface area contributed by atoms with Crippen molar-refractivity contribution < 1.29 is 31.3 Å². The topological polar surface area (TPSA) is 43.4 Å². The number of rotatable bonds is 8. The average Bonchev–Trinajstić information content (AvgIpc) is 2.43. The molecule has 0 saturated heterocycles. The molecule has 0 heterocycles. The van der Waals surface area contributed by atoms with Crippen molar-refractivity contribution in [1.29, 1.82) is 0 Å². The van der Waals surface area contributed by atoms with Gasteiger partial charge in [0.15, 0.2) is 23.2 Å². The Morgan fingerprint density at radius 3 is 2.12 bits per heavy atom. The van der Waals surface area contributed by atoms with E-state index in [1.807, 2.05) is 0 Å². The third-order valence-corrected chi connectivity index (χ3v) is 4.61. The summed E-state index contributed by atoms with van der Waals surface area (Å²) in [6.07, 6.45) is 1.73. The molecule has 8 heteroatoms. The van der Waals surface area contributed by atoms with Gasteiger partial charge in [-0.1, -0.05) is 13.8 Å². The Morgan fingerprint density at radius 1 is 1.21 bits per heavy atom. The molecule has 0 spiro atoms. The maximum Gasteiger partial charge on any atom is 0.203 e. The van der Waals surface area contributed by atoms with Gasteiger partial charge in [-0.15, -0.1) is 0 Å². The van der Waals surface area contributed by atoms with E-state index in [2.05, 4.69) is 10.6 Å². The first-order valence-corrected chi connectivity index (χ1v) is 9.53. The van der Waals surface area contributed by atoms with Crippen LogP contribution in [0.4, 0.5) is 17.6 Å². The second-order valence-electron chi connectivity index (χ2n) is 6.08. The van der Waals surface area contributed by atoms with Crippen LogP contribution in [0.2, 0.25) is 0 Å². The van der Waals surface area contributed by atoms with E-state index in [4.69, 9.17) is 0 Å². The molecule has 0 amide bonds. The van der Waals surface area contributed by atoms with Gasteiger partial charge in [0.2, 0.25) is 11.6 Å². The zero-order chi connectivity index (χ0) is 18.7. The predicted molar refractivity (Wildman–Crippen MR) is 85.8 cm³/mol. The van der Waals surface area contributed by atoms with E-state index >= 15 is 0 Å². The van der Waals surface area contributed by atoms with Gasteiger partial charge in [-0.2, -0.15) is 8.78 Å². The number of Topliss-reactive ketones (excluding diaryl/α,β-unsaturated/α-hetero) is 1. The number of halogens is 4. The number of ether oxygens (including phenoxy) is 1. The molecule has 0 saturated carbocycles. The highest BCUT2D eigenvalue weighted by Gasteiger charge is 2.26. The summed E-state index contributed by atoms with van der Waals surface area (Å²) in [5.74, 6) is -5.39. The molecule has 2 unspecified atom stereocenters. The number of ketones is 1. The van der Waals surface area contributed by atoms with E-state index < -0.39 is 56.8 Å². The summed E-state index contributed by atoms with van der Waals surface area (Å²) < 4.78 is 69.5. The van der Waals surface area contributed by atoms with Crippen molar-refractivity contribution >= 4 is 21.2 Å². The summed E-state index contributed by atoms with van der Waals surface area (Å²) in [7, 11) is -2.29. The second kappa shape index (κ2) is 8.00. The molecule has 0 fully saturated rings. The minimum absolute atomic E-state index is 0.0579. The molecule has 0 aliphatic carbocycles. The molecule has 0 aliphatic rings. The minimum Gasteiger partial charge on any atom is -0.480 e. The van der Waals surface area contributed by atoms with Crippen LogP contribution in [0.25, 0.3) is 0 Å². The number of hydrogen-bond donors (Lipinski definition) is 0. The fourth-order valence-electron chi connectivity index (χ4n) is 2.17. The highest BCUT2D eigenvalue weighted by Crippen LogP contribution is 2.27. The lowest BCUT2D eigenvalue weighted by Gasteiger charge is -2.20. The molecule has 1 aromatic carbocycles. The van der Waals surface area contributed by atoms with Crippen molar-refractivity contribution in [2.75, 3.05) is 18.6 Å². The Bertz CT molecular complexity index is 688. The molecule has 3 nitrogen and oxygen atoms in total. The summed E-state index contributed by atoms with van der Waals surface area (Å²) in [6, 6.07) is 0.0579. The van der Waals surface area contributed by atoms with Crippen LogP contribution in [0, 0.1) is 35.1 Å². The van der Waals surface area contributed by atoms with Gasteiger partial charge in [-0.3, -0.25) is 9.00 Å². The van der Waals surface area contributed by atoms with Crippen molar-refractivity contribution in [3.05, 3.63) is 29.3 Å². The number of carbonyl (C=O) groups excluding carboxylic acids is 1. The first-order valence-electron chi connectivity index (χ1n) is 7.22. The monoisotopic (exact) mass is 368 g/mol. The van der Waals surface area contributed by atoms with Crippen LogP contribution in [0.15, 0.2) is 6.07 Å². The summed E-state index contributed by atoms with van der Waals surface area (Å²) in [6.45, 7) is 2.76. The Morgan fingerprint density at radius 2 is 1.71 bits per heavy atom. The van der Waals surface area contributed by atoms with Crippen LogP contribution in [-0.2, 0) is 14.3 Å². The van der Waals surface area contributed by atoms with Crippen LogP contribution in [-0.4, -0.2) is 34.5 Å². The quantitative estimate of drug-likeness (QED) is 0.402. The van der Waals surface area contributed by atoms with Crippen molar-refractivity contribution in [1.82, 2.24) is 0 Å². The summed E-state index contributed by atoms with van der Waals surface area (Å²) in [4.78, 5) is 12.2.